The highest BCUT2D eigenvalue weighted by atomic mass is 35.5. The Balaban J connectivity index is 2.14. The number of halogens is 3. The Morgan fingerprint density at radius 3 is 2.39 bits per heavy atom. The third-order valence-electron chi connectivity index (χ3n) is 3.19. The van der Waals surface area contributed by atoms with Gasteiger partial charge in [0.2, 0.25) is 5.91 Å². The lowest BCUT2D eigenvalue weighted by atomic mass is 9.95. The fraction of sp³-hybridized carbons (Fsp3) is 0.125. The molecule has 1 amide bonds. The van der Waals surface area contributed by atoms with Crippen LogP contribution >= 0.6 is 23.2 Å². The second-order valence-corrected chi connectivity index (χ2v) is 5.58. The van der Waals surface area contributed by atoms with E-state index in [2.05, 4.69) is 5.32 Å². The number of hydrogen-bond acceptors (Lipinski definition) is 2. The van der Waals surface area contributed by atoms with E-state index in [0.29, 0.717) is 11.3 Å². The molecule has 0 aliphatic heterocycles. The number of carbonyl (C=O) groups excluding carboxylic acids is 1. The molecule has 0 bridgehead atoms. The Kier molecular flexibility index (Phi) is 5.58. The zero-order valence-electron chi connectivity index (χ0n) is 11.7. The molecule has 23 heavy (non-hydrogen) atoms. The van der Waals surface area contributed by atoms with Gasteiger partial charge in [-0.1, -0.05) is 41.4 Å². The molecule has 0 aliphatic rings. The van der Waals surface area contributed by atoms with Crippen LogP contribution in [0, 0.1) is 5.82 Å². The molecule has 120 valence electrons. The van der Waals surface area contributed by atoms with Crippen LogP contribution in [0.4, 0.5) is 10.1 Å². The summed E-state index contributed by atoms with van der Waals surface area (Å²) >= 11 is 11.8. The van der Waals surface area contributed by atoms with Gasteiger partial charge in [-0.3, -0.25) is 9.59 Å². The predicted molar refractivity (Wildman–Crippen MR) is 86.5 cm³/mol. The van der Waals surface area contributed by atoms with Gasteiger partial charge in [0.25, 0.3) is 0 Å². The number of anilines is 1. The van der Waals surface area contributed by atoms with Gasteiger partial charge < -0.3 is 10.4 Å². The van der Waals surface area contributed by atoms with Crippen LogP contribution in [-0.2, 0) is 9.59 Å². The van der Waals surface area contributed by atoms with E-state index in [1.165, 1.54) is 12.1 Å². The second kappa shape index (κ2) is 7.44. The van der Waals surface area contributed by atoms with Crippen LogP contribution in [0.15, 0.2) is 42.5 Å². The van der Waals surface area contributed by atoms with E-state index in [9.17, 15) is 19.1 Å². The van der Waals surface area contributed by atoms with E-state index in [1.807, 2.05) is 0 Å². The Labute approximate surface area is 141 Å². The summed E-state index contributed by atoms with van der Waals surface area (Å²) in [6.07, 6.45) is -0.316. The molecule has 0 fully saturated rings. The van der Waals surface area contributed by atoms with Crippen molar-refractivity contribution in [2.24, 2.45) is 0 Å². The molecule has 2 aromatic carbocycles. The highest BCUT2D eigenvalue weighted by Crippen LogP contribution is 2.30. The van der Waals surface area contributed by atoms with Crippen molar-refractivity contribution in [2.75, 3.05) is 5.32 Å². The Morgan fingerprint density at radius 1 is 1.13 bits per heavy atom. The third kappa shape index (κ3) is 4.43. The molecule has 0 aromatic heterocycles. The number of rotatable bonds is 5. The van der Waals surface area contributed by atoms with Crippen LogP contribution < -0.4 is 5.32 Å². The molecule has 0 saturated carbocycles. The fourth-order valence-corrected chi connectivity index (χ4v) is 2.38. The first-order valence-electron chi connectivity index (χ1n) is 6.60. The van der Waals surface area contributed by atoms with Gasteiger partial charge in [0.05, 0.1) is 21.7 Å². The Hall–Kier alpha value is -2.11. The highest BCUT2D eigenvalue weighted by Gasteiger charge is 2.23. The second-order valence-electron chi connectivity index (χ2n) is 4.80. The van der Waals surface area contributed by atoms with Crippen LogP contribution in [0.25, 0.3) is 0 Å². The largest absolute Gasteiger partial charge is 0.481 e. The van der Waals surface area contributed by atoms with Crippen LogP contribution in [0.1, 0.15) is 17.9 Å². The standard InChI is InChI=1S/C16H12Cl2FNO3/c17-12-2-1-3-13(15(12)18)20-14(21)8-11(16(22)23)9-4-6-10(19)7-5-9/h1-7,11H,8H2,(H,20,21)(H,22,23)/t11-/m0/s1. The van der Waals surface area contributed by atoms with E-state index < -0.39 is 23.6 Å². The first-order chi connectivity index (χ1) is 10.9. The molecule has 2 rings (SSSR count). The van der Waals surface area contributed by atoms with Gasteiger partial charge in [0.1, 0.15) is 5.82 Å². The van der Waals surface area contributed by atoms with Gasteiger partial charge in [-0.2, -0.15) is 0 Å². The van der Waals surface area contributed by atoms with Crippen molar-refractivity contribution in [3.63, 3.8) is 0 Å². The maximum Gasteiger partial charge on any atom is 0.311 e. The first kappa shape index (κ1) is 17.2. The molecule has 0 aliphatic carbocycles. The molecular formula is C16H12Cl2FNO3. The van der Waals surface area contributed by atoms with Gasteiger partial charge >= 0.3 is 5.97 Å². The lowest BCUT2D eigenvalue weighted by Gasteiger charge is -2.13. The fourth-order valence-electron chi connectivity index (χ4n) is 2.03. The smallest absolute Gasteiger partial charge is 0.311 e. The molecule has 0 heterocycles. The average Bonchev–Trinajstić information content (AvgIpc) is 2.50. The summed E-state index contributed by atoms with van der Waals surface area (Å²) in [6, 6.07) is 9.71. The lowest BCUT2D eigenvalue weighted by Crippen LogP contribution is -2.21. The van der Waals surface area contributed by atoms with E-state index in [4.69, 9.17) is 23.2 Å². The summed E-state index contributed by atoms with van der Waals surface area (Å²) in [4.78, 5) is 23.5. The maximum absolute atomic E-state index is 12.9. The number of amides is 1. The quantitative estimate of drug-likeness (QED) is 0.838. The molecule has 1 atom stereocenters. The predicted octanol–water partition coefficient (Wildman–Crippen LogP) is 4.33. The van der Waals surface area contributed by atoms with Gasteiger partial charge in [-0.25, -0.2) is 4.39 Å². The number of carboxylic acid groups (broad SMARTS) is 1. The van der Waals surface area contributed by atoms with Crippen molar-refractivity contribution in [1.29, 1.82) is 0 Å². The third-order valence-corrected chi connectivity index (χ3v) is 4.00. The van der Waals surface area contributed by atoms with Crippen molar-refractivity contribution in [1.82, 2.24) is 0 Å². The van der Waals surface area contributed by atoms with Gasteiger partial charge in [0, 0.05) is 6.42 Å². The molecule has 0 saturated heterocycles. The van der Waals surface area contributed by atoms with Crippen LogP contribution in [-0.4, -0.2) is 17.0 Å². The topological polar surface area (TPSA) is 66.4 Å². The van der Waals surface area contributed by atoms with Gasteiger partial charge in [-0.05, 0) is 29.8 Å². The van der Waals surface area contributed by atoms with Gasteiger partial charge in [-0.15, -0.1) is 0 Å². The molecule has 7 heteroatoms. The Morgan fingerprint density at radius 2 is 1.78 bits per heavy atom. The van der Waals surface area contributed by atoms with Crippen LogP contribution in [0.5, 0.6) is 0 Å². The number of nitrogens with one attached hydrogen (secondary N) is 1. The first-order valence-corrected chi connectivity index (χ1v) is 7.36. The summed E-state index contributed by atoms with van der Waals surface area (Å²) in [5.41, 5.74) is 0.638. The van der Waals surface area contributed by atoms with E-state index in [-0.39, 0.29) is 16.5 Å². The summed E-state index contributed by atoms with van der Waals surface area (Å²) in [7, 11) is 0. The summed E-state index contributed by atoms with van der Waals surface area (Å²) in [5.74, 6) is -3.28. The van der Waals surface area contributed by atoms with Crippen molar-refractivity contribution in [3.05, 3.63) is 63.9 Å². The van der Waals surface area contributed by atoms with E-state index in [0.717, 1.165) is 12.1 Å². The van der Waals surface area contributed by atoms with Gasteiger partial charge in [0.15, 0.2) is 0 Å². The average molecular weight is 356 g/mol. The van der Waals surface area contributed by atoms with E-state index in [1.54, 1.807) is 18.2 Å². The van der Waals surface area contributed by atoms with Crippen molar-refractivity contribution >= 4 is 40.8 Å². The lowest BCUT2D eigenvalue weighted by molar-refractivity contribution is -0.140. The van der Waals surface area contributed by atoms with Crippen molar-refractivity contribution in [3.8, 4) is 0 Å². The zero-order chi connectivity index (χ0) is 17.0. The highest BCUT2D eigenvalue weighted by molar-refractivity contribution is 6.44. The SMILES string of the molecule is O=C(C[C@H](C(=O)O)c1ccc(F)cc1)Nc1cccc(Cl)c1Cl. The van der Waals surface area contributed by atoms with Crippen LogP contribution in [0.3, 0.4) is 0 Å². The zero-order valence-corrected chi connectivity index (χ0v) is 13.2. The Bertz CT molecular complexity index is 735. The maximum atomic E-state index is 12.9. The monoisotopic (exact) mass is 355 g/mol. The molecule has 2 N–H and O–H groups in total. The number of aliphatic carboxylic acids is 1. The minimum atomic E-state index is -1.18. The summed E-state index contributed by atoms with van der Waals surface area (Å²) in [6.45, 7) is 0. The number of hydrogen-bond donors (Lipinski definition) is 2. The number of carbonyl (C=O) groups is 2. The summed E-state index contributed by atoms with van der Waals surface area (Å²) in [5, 5.41) is 12.3. The van der Waals surface area contributed by atoms with E-state index >= 15 is 0 Å². The van der Waals surface area contributed by atoms with Crippen LogP contribution in [0.2, 0.25) is 10.0 Å². The molecule has 0 radical (unpaired) electrons. The molecule has 0 unspecified atom stereocenters. The molecule has 4 nitrogen and oxygen atoms in total. The molecule has 0 spiro atoms. The van der Waals surface area contributed by atoms with Crippen molar-refractivity contribution in [2.45, 2.75) is 12.3 Å². The number of carboxylic acids is 1. The minimum absolute atomic E-state index is 0.177. The number of benzene rings is 2. The van der Waals surface area contributed by atoms with Crippen molar-refractivity contribution < 1.29 is 19.1 Å². The molecule has 2 aromatic rings. The summed E-state index contributed by atoms with van der Waals surface area (Å²) < 4.78 is 12.9. The normalized spacial score (nSPS) is 11.8. The molecular weight excluding hydrogens is 344 g/mol. The minimum Gasteiger partial charge on any atom is -0.481 e.